The maximum absolute atomic E-state index is 10.3. The molecule has 0 aromatic heterocycles. The Morgan fingerprint density at radius 1 is 1.50 bits per heavy atom. The molecule has 2 N–H and O–H groups in total. The van der Waals surface area contributed by atoms with Gasteiger partial charge in [0.15, 0.2) is 6.29 Å². The Hall–Kier alpha value is -2.35. The first kappa shape index (κ1) is 9.74. The van der Waals surface area contributed by atoms with Crippen molar-refractivity contribution in [3.63, 3.8) is 0 Å². The van der Waals surface area contributed by atoms with Crippen molar-refractivity contribution in [3.05, 3.63) is 33.9 Å². The fourth-order valence-corrected chi connectivity index (χ4v) is 0.885. The Kier molecular flexibility index (Phi) is 2.82. The van der Waals surface area contributed by atoms with Gasteiger partial charge in [0.1, 0.15) is 0 Å². The summed E-state index contributed by atoms with van der Waals surface area (Å²) in [6, 6.07) is 3.89. The normalized spacial score (nSPS) is 8.57. The van der Waals surface area contributed by atoms with Crippen LogP contribution >= 0.6 is 0 Å². The highest BCUT2D eigenvalue weighted by molar-refractivity contribution is 5.75. The van der Waals surface area contributed by atoms with Gasteiger partial charge in [-0.15, -0.1) is 0 Å². The number of carbonyl (C=O) groups excluding carboxylic acids is 1. The van der Waals surface area contributed by atoms with Gasteiger partial charge in [-0.3, -0.25) is 14.9 Å². The predicted molar refractivity (Wildman–Crippen MR) is 50.5 cm³/mol. The Morgan fingerprint density at radius 2 is 2.21 bits per heavy atom. The number of benzene rings is 1. The molecule has 0 spiro atoms. The molecule has 0 saturated heterocycles. The molecule has 0 radical (unpaired) electrons. The largest absolute Gasteiger partial charge is 0.398 e. The lowest BCUT2D eigenvalue weighted by atomic mass is 10.1. The average molecular weight is 190 g/mol. The minimum absolute atomic E-state index is 0.0980. The van der Waals surface area contributed by atoms with Crippen LogP contribution in [0, 0.1) is 22.0 Å². The van der Waals surface area contributed by atoms with Gasteiger partial charge in [-0.25, -0.2) is 0 Å². The first-order valence-corrected chi connectivity index (χ1v) is 3.64. The van der Waals surface area contributed by atoms with E-state index >= 15 is 0 Å². The van der Waals surface area contributed by atoms with Gasteiger partial charge in [0, 0.05) is 17.7 Å². The van der Waals surface area contributed by atoms with Crippen LogP contribution in [0.1, 0.15) is 5.56 Å². The van der Waals surface area contributed by atoms with Crippen molar-refractivity contribution in [2.45, 2.75) is 0 Å². The summed E-state index contributed by atoms with van der Waals surface area (Å²) in [5.74, 6) is 4.64. The van der Waals surface area contributed by atoms with Crippen molar-refractivity contribution < 1.29 is 9.72 Å². The molecular weight excluding hydrogens is 184 g/mol. The van der Waals surface area contributed by atoms with E-state index in [0.717, 1.165) is 0 Å². The van der Waals surface area contributed by atoms with Gasteiger partial charge in [0.25, 0.3) is 5.69 Å². The lowest BCUT2D eigenvalue weighted by Crippen LogP contribution is -1.94. The number of carbonyl (C=O) groups is 1. The van der Waals surface area contributed by atoms with E-state index in [2.05, 4.69) is 11.8 Å². The molecule has 0 atom stereocenters. The summed E-state index contributed by atoms with van der Waals surface area (Å²) in [6.45, 7) is 0. The maximum atomic E-state index is 10.3. The van der Waals surface area contributed by atoms with E-state index in [-0.39, 0.29) is 11.4 Å². The van der Waals surface area contributed by atoms with E-state index in [4.69, 9.17) is 5.73 Å². The molecule has 0 aliphatic heterocycles. The minimum atomic E-state index is -0.548. The lowest BCUT2D eigenvalue weighted by molar-refractivity contribution is -0.384. The number of nitro groups is 1. The molecule has 1 rings (SSSR count). The maximum Gasteiger partial charge on any atom is 0.271 e. The van der Waals surface area contributed by atoms with Crippen molar-refractivity contribution in [2.24, 2.45) is 0 Å². The summed E-state index contributed by atoms with van der Waals surface area (Å²) in [5, 5.41) is 10.3. The van der Waals surface area contributed by atoms with Crippen molar-refractivity contribution >= 4 is 17.7 Å². The standard InChI is InChI=1S/C9H6N2O3/c10-9-6-8(11(13)14)4-3-7(9)2-1-5-12/h3-6H,10H2. The summed E-state index contributed by atoms with van der Waals surface area (Å²) in [4.78, 5) is 19.7. The highest BCUT2D eigenvalue weighted by Gasteiger charge is 2.06. The van der Waals surface area contributed by atoms with E-state index in [1.807, 2.05) is 0 Å². The van der Waals surface area contributed by atoms with Crippen LogP contribution in [-0.4, -0.2) is 11.2 Å². The van der Waals surface area contributed by atoms with Crippen LogP contribution in [0.5, 0.6) is 0 Å². The first-order valence-electron chi connectivity index (χ1n) is 3.64. The molecule has 0 aliphatic carbocycles. The summed E-state index contributed by atoms with van der Waals surface area (Å²) < 4.78 is 0. The van der Waals surface area contributed by atoms with E-state index < -0.39 is 4.92 Å². The molecule has 0 heterocycles. The molecule has 14 heavy (non-hydrogen) atoms. The second kappa shape index (κ2) is 4.05. The Balaban J connectivity index is 3.13. The molecule has 0 amide bonds. The Labute approximate surface area is 79.7 Å². The van der Waals surface area contributed by atoms with Crippen LogP contribution in [0.25, 0.3) is 0 Å². The predicted octanol–water partition coefficient (Wildman–Crippen LogP) is 0.727. The molecule has 1 aromatic carbocycles. The van der Waals surface area contributed by atoms with Gasteiger partial charge < -0.3 is 5.73 Å². The van der Waals surface area contributed by atoms with Gasteiger partial charge >= 0.3 is 0 Å². The fourth-order valence-electron chi connectivity index (χ4n) is 0.885. The van der Waals surface area contributed by atoms with Crippen LogP contribution in [0.15, 0.2) is 18.2 Å². The summed E-state index contributed by atoms with van der Waals surface area (Å²) >= 11 is 0. The number of anilines is 1. The van der Waals surface area contributed by atoms with Gasteiger partial charge in [-0.2, -0.15) is 0 Å². The molecular formula is C9H6N2O3. The van der Waals surface area contributed by atoms with Crippen LogP contribution in [0.2, 0.25) is 0 Å². The molecule has 0 aliphatic rings. The second-order valence-corrected chi connectivity index (χ2v) is 2.42. The van der Waals surface area contributed by atoms with Crippen LogP contribution < -0.4 is 5.73 Å². The average Bonchev–Trinajstić information content (AvgIpc) is 2.15. The molecule has 70 valence electrons. The monoisotopic (exact) mass is 190 g/mol. The number of aldehydes is 1. The molecule has 0 saturated carbocycles. The van der Waals surface area contributed by atoms with E-state index in [0.29, 0.717) is 11.8 Å². The smallest absolute Gasteiger partial charge is 0.271 e. The molecule has 0 unspecified atom stereocenters. The minimum Gasteiger partial charge on any atom is -0.398 e. The topological polar surface area (TPSA) is 86.2 Å². The zero-order valence-corrected chi connectivity index (χ0v) is 7.06. The van der Waals surface area contributed by atoms with Gasteiger partial charge in [-0.1, -0.05) is 5.92 Å². The van der Waals surface area contributed by atoms with Crippen LogP contribution in [0.3, 0.4) is 0 Å². The van der Waals surface area contributed by atoms with Crippen molar-refractivity contribution in [1.82, 2.24) is 0 Å². The van der Waals surface area contributed by atoms with Crippen molar-refractivity contribution in [1.29, 1.82) is 0 Å². The third-order valence-electron chi connectivity index (χ3n) is 1.51. The number of rotatable bonds is 1. The number of nitrogens with two attached hydrogens (primary N) is 1. The Bertz CT molecular complexity index is 443. The molecule has 5 heteroatoms. The summed E-state index contributed by atoms with van der Waals surface area (Å²) in [5.41, 5.74) is 5.97. The number of hydrogen-bond donors (Lipinski definition) is 1. The number of nitrogens with zero attached hydrogens (tertiary/aromatic N) is 1. The molecule has 0 fully saturated rings. The van der Waals surface area contributed by atoms with Crippen LogP contribution in [0.4, 0.5) is 11.4 Å². The lowest BCUT2D eigenvalue weighted by Gasteiger charge is -1.96. The third kappa shape index (κ3) is 2.08. The van der Waals surface area contributed by atoms with E-state index in [1.54, 1.807) is 0 Å². The molecule has 1 aromatic rings. The van der Waals surface area contributed by atoms with E-state index in [9.17, 15) is 14.9 Å². The number of non-ortho nitro benzene ring substituents is 1. The van der Waals surface area contributed by atoms with Crippen LogP contribution in [-0.2, 0) is 4.79 Å². The van der Waals surface area contributed by atoms with Gasteiger partial charge in [0.2, 0.25) is 0 Å². The summed E-state index contributed by atoms with van der Waals surface area (Å²) in [6.07, 6.45) is 0.431. The summed E-state index contributed by atoms with van der Waals surface area (Å²) in [7, 11) is 0. The van der Waals surface area contributed by atoms with Gasteiger partial charge in [0.05, 0.1) is 10.6 Å². The second-order valence-electron chi connectivity index (χ2n) is 2.42. The zero-order chi connectivity index (χ0) is 10.6. The molecule has 0 bridgehead atoms. The SMILES string of the molecule is Nc1cc([N+](=O)[O-])ccc1C#CC=O. The fraction of sp³-hybridized carbons (Fsp3) is 0. The van der Waals surface area contributed by atoms with E-state index in [1.165, 1.54) is 18.2 Å². The Morgan fingerprint density at radius 3 is 2.71 bits per heavy atom. The number of hydrogen-bond acceptors (Lipinski definition) is 4. The number of nitrogen functional groups attached to an aromatic ring is 1. The quantitative estimate of drug-likeness (QED) is 0.232. The number of nitro benzene ring substituents is 1. The molecule has 5 nitrogen and oxygen atoms in total. The zero-order valence-electron chi connectivity index (χ0n) is 7.06. The third-order valence-corrected chi connectivity index (χ3v) is 1.51. The van der Waals surface area contributed by atoms with Crippen molar-refractivity contribution in [3.8, 4) is 11.8 Å². The van der Waals surface area contributed by atoms with Gasteiger partial charge in [-0.05, 0) is 12.0 Å². The van der Waals surface area contributed by atoms with Crippen molar-refractivity contribution in [2.75, 3.05) is 5.73 Å². The first-order chi connectivity index (χ1) is 6.65. The highest BCUT2D eigenvalue weighted by atomic mass is 16.6. The highest BCUT2D eigenvalue weighted by Crippen LogP contribution is 2.18.